The second-order valence-electron chi connectivity index (χ2n) is 3.70. The van der Waals surface area contributed by atoms with Gasteiger partial charge in [0.25, 0.3) is 0 Å². The van der Waals surface area contributed by atoms with E-state index in [1.165, 1.54) is 0 Å². The summed E-state index contributed by atoms with van der Waals surface area (Å²) in [5, 5.41) is 24.9. The van der Waals surface area contributed by atoms with Crippen LogP contribution < -0.4 is 0 Å². The van der Waals surface area contributed by atoms with E-state index in [4.69, 9.17) is 15.3 Å². The van der Waals surface area contributed by atoms with Gasteiger partial charge in [-0.15, -0.1) is 0 Å². The summed E-state index contributed by atoms with van der Waals surface area (Å²) in [5.41, 5.74) is 0.692. The van der Waals surface area contributed by atoms with Crippen molar-refractivity contribution in [3.05, 3.63) is 23.8 Å². The molecule has 0 saturated carbocycles. The normalized spacial score (nSPS) is 10.2. The molecule has 110 valence electrons. The Labute approximate surface area is 113 Å². The van der Waals surface area contributed by atoms with Crippen LogP contribution in [0.5, 0.6) is 0 Å². The molecule has 0 aliphatic heterocycles. The number of rotatable bonds is 7. The van der Waals surface area contributed by atoms with Gasteiger partial charge in [0.1, 0.15) is 6.61 Å². The average molecular weight is 274 g/mol. The Morgan fingerprint density at radius 2 is 1.79 bits per heavy atom. The molecule has 0 heterocycles. The van der Waals surface area contributed by atoms with E-state index in [0.29, 0.717) is 24.0 Å². The van der Waals surface area contributed by atoms with Gasteiger partial charge in [-0.1, -0.05) is 12.7 Å². The van der Waals surface area contributed by atoms with E-state index in [9.17, 15) is 9.59 Å². The molecule has 0 spiro atoms. The lowest BCUT2D eigenvalue weighted by molar-refractivity contribution is -0.140. The lowest BCUT2D eigenvalue weighted by Crippen LogP contribution is -2.08. The van der Waals surface area contributed by atoms with Crippen molar-refractivity contribution in [3.8, 4) is 0 Å². The molecule has 6 heteroatoms. The maximum absolute atomic E-state index is 10.5. The number of ether oxygens (including phenoxy) is 1. The molecule has 0 bridgehead atoms. The summed E-state index contributed by atoms with van der Waals surface area (Å²) >= 11 is 0. The summed E-state index contributed by atoms with van der Waals surface area (Å²) in [7, 11) is 0. The van der Waals surface area contributed by atoms with Gasteiger partial charge in [-0.3, -0.25) is 0 Å². The highest BCUT2D eigenvalue weighted by Crippen LogP contribution is 1.97. The number of hydrogen-bond acceptors (Lipinski definition) is 5. The molecule has 0 saturated heterocycles. The van der Waals surface area contributed by atoms with Crippen molar-refractivity contribution in [2.24, 2.45) is 0 Å². The summed E-state index contributed by atoms with van der Waals surface area (Å²) < 4.78 is 4.46. The van der Waals surface area contributed by atoms with Crippen molar-refractivity contribution in [2.75, 3.05) is 19.8 Å². The molecule has 3 N–H and O–H groups in total. The van der Waals surface area contributed by atoms with Crippen molar-refractivity contribution in [3.63, 3.8) is 0 Å². The summed E-state index contributed by atoms with van der Waals surface area (Å²) in [4.78, 5) is 20.6. The maximum Gasteiger partial charge on any atom is 0.333 e. The lowest BCUT2D eigenvalue weighted by atomic mass is 10.2. The third-order valence-electron chi connectivity index (χ3n) is 1.82. The monoisotopic (exact) mass is 274 g/mol. The van der Waals surface area contributed by atoms with E-state index < -0.39 is 11.9 Å². The molecule has 0 rings (SSSR count). The second-order valence-corrected chi connectivity index (χ2v) is 3.70. The van der Waals surface area contributed by atoms with Crippen LogP contribution >= 0.6 is 0 Å². The molecule has 19 heavy (non-hydrogen) atoms. The Morgan fingerprint density at radius 3 is 2.16 bits per heavy atom. The van der Waals surface area contributed by atoms with E-state index in [2.05, 4.69) is 11.3 Å². The summed E-state index contributed by atoms with van der Waals surface area (Å²) in [5.74, 6) is -1.35. The standard InChI is InChI=1S/C7H12O3.C6H10O3/c1-6(7(9)10)4-2-3-5-8;1-5(2)6(8)9-4-3-7/h4,8H,2-3,5H2,1H3,(H,9,10);7H,1,3-4H2,2H3. The first kappa shape index (κ1) is 19.7. The van der Waals surface area contributed by atoms with Crippen molar-refractivity contribution >= 4 is 11.9 Å². The molecule has 0 amide bonds. The van der Waals surface area contributed by atoms with Crippen LogP contribution in [0.1, 0.15) is 26.7 Å². The van der Waals surface area contributed by atoms with Gasteiger partial charge < -0.3 is 20.1 Å². The molecule has 0 aliphatic rings. The van der Waals surface area contributed by atoms with Gasteiger partial charge in [-0.05, 0) is 26.7 Å². The van der Waals surface area contributed by atoms with Gasteiger partial charge in [-0.25, -0.2) is 9.59 Å². The number of carbonyl (C=O) groups is 2. The SMILES string of the molecule is C=C(C)C(=O)OCCO.CC(=CCCCO)C(=O)O. The van der Waals surface area contributed by atoms with Crippen LogP contribution in [0.25, 0.3) is 0 Å². The molecule has 0 aromatic heterocycles. The molecule has 0 aliphatic carbocycles. The molecule has 6 nitrogen and oxygen atoms in total. The highest BCUT2D eigenvalue weighted by molar-refractivity contribution is 5.86. The number of carboxylic acid groups (broad SMARTS) is 1. The zero-order chi connectivity index (χ0) is 15.3. The average Bonchev–Trinajstić information content (AvgIpc) is 2.36. The molecule has 0 atom stereocenters. The minimum absolute atomic E-state index is 0.0473. The van der Waals surface area contributed by atoms with Crippen LogP contribution in [-0.4, -0.2) is 47.1 Å². The number of carboxylic acids is 1. The van der Waals surface area contributed by atoms with Crippen LogP contribution in [0.4, 0.5) is 0 Å². The van der Waals surface area contributed by atoms with Crippen LogP contribution in [0.15, 0.2) is 23.8 Å². The number of carbonyl (C=O) groups excluding carboxylic acids is 1. The molecule has 0 fully saturated rings. The topological polar surface area (TPSA) is 104 Å². The Kier molecular flexibility index (Phi) is 13.2. The number of allylic oxidation sites excluding steroid dienone is 1. The van der Waals surface area contributed by atoms with E-state index in [1.54, 1.807) is 19.9 Å². The number of aliphatic hydroxyl groups excluding tert-OH is 2. The van der Waals surface area contributed by atoms with Crippen molar-refractivity contribution in [1.29, 1.82) is 0 Å². The van der Waals surface area contributed by atoms with Crippen LogP contribution in [-0.2, 0) is 14.3 Å². The van der Waals surface area contributed by atoms with Crippen molar-refractivity contribution in [1.82, 2.24) is 0 Å². The van der Waals surface area contributed by atoms with E-state index in [1.807, 2.05) is 0 Å². The third kappa shape index (κ3) is 14.3. The van der Waals surface area contributed by atoms with Crippen molar-refractivity contribution < 1.29 is 29.6 Å². The van der Waals surface area contributed by atoms with Gasteiger partial charge in [-0.2, -0.15) is 0 Å². The van der Waals surface area contributed by atoms with E-state index in [-0.39, 0.29) is 19.8 Å². The molecule has 0 unspecified atom stereocenters. The third-order valence-corrected chi connectivity index (χ3v) is 1.82. The fraction of sp³-hybridized carbons (Fsp3) is 0.538. The number of aliphatic carboxylic acids is 1. The fourth-order valence-electron chi connectivity index (χ4n) is 0.759. The highest BCUT2D eigenvalue weighted by Gasteiger charge is 1.99. The number of aliphatic hydroxyl groups is 2. The molecule has 0 aromatic rings. The zero-order valence-electron chi connectivity index (χ0n) is 11.4. The second kappa shape index (κ2) is 12.8. The first-order valence-corrected chi connectivity index (χ1v) is 5.81. The van der Waals surface area contributed by atoms with Gasteiger partial charge >= 0.3 is 11.9 Å². The Morgan fingerprint density at radius 1 is 1.21 bits per heavy atom. The quantitative estimate of drug-likeness (QED) is 0.362. The van der Waals surface area contributed by atoms with Gasteiger partial charge in [0, 0.05) is 17.8 Å². The smallest absolute Gasteiger partial charge is 0.333 e. The Hall–Kier alpha value is -1.66. The minimum atomic E-state index is -0.891. The van der Waals surface area contributed by atoms with Crippen molar-refractivity contribution in [2.45, 2.75) is 26.7 Å². The molecular weight excluding hydrogens is 252 g/mol. The first-order chi connectivity index (χ1) is 8.86. The number of unbranched alkanes of at least 4 members (excludes halogenated alkanes) is 1. The lowest BCUT2D eigenvalue weighted by Gasteiger charge is -1.99. The van der Waals surface area contributed by atoms with Crippen LogP contribution in [0, 0.1) is 0 Å². The number of esters is 1. The molecule has 0 aromatic carbocycles. The Balaban J connectivity index is 0. The Bertz CT molecular complexity index is 319. The largest absolute Gasteiger partial charge is 0.478 e. The number of hydrogen-bond donors (Lipinski definition) is 3. The van der Waals surface area contributed by atoms with Gasteiger partial charge in [0.05, 0.1) is 6.61 Å². The minimum Gasteiger partial charge on any atom is -0.478 e. The first-order valence-electron chi connectivity index (χ1n) is 5.81. The van der Waals surface area contributed by atoms with Crippen LogP contribution in [0.3, 0.4) is 0 Å². The fourth-order valence-corrected chi connectivity index (χ4v) is 0.759. The molecule has 0 radical (unpaired) electrons. The predicted octanol–water partition coefficient (Wildman–Crippen LogP) is 0.888. The summed E-state index contributed by atoms with van der Waals surface area (Å²) in [6, 6.07) is 0. The molecular formula is C13H22O6. The highest BCUT2D eigenvalue weighted by atomic mass is 16.5. The predicted molar refractivity (Wildman–Crippen MR) is 70.6 cm³/mol. The maximum atomic E-state index is 10.5. The van der Waals surface area contributed by atoms with Gasteiger partial charge in [0.2, 0.25) is 0 Å². The van der Waals surface area contributed by atoms with Gasteiger partial charge in [0.15, 0.2) is 0 Å². The van der Waals surface area contributed by atoms with E-state index >= 15 is 0 Å². The van der Waals surface area contributed by atoms with Crippen LogP contribution in [0.2, 0.25) is 0 Å². The van der Waals surface area contributed by atoms with E-state index in [0.717, 1.165) is 0 Å². The summed E-state index contributed by atoms with van der Waals surface area (Å²) in [6.45, 7) is 6.47. The zero-order valence-corrected chi connectivity index (χ0v) is 11.4. The summed E-state index contributed by atoms with van der Waals surface area (Å²) in [6.07, 6.45) is 2.87.